The highest BCUT2D eigenvalue weighted by Crippen LogP contribution is 2.30. The van der Waals surface area contributed by atoms with E-state index >= 15 is 0 Å². The van der Waals surface area contributed by atoms with E-state index in [-0.39, 0.29) is 36.4 Å². The van der Waals surface area contributed by atoms with Gasteiger partial charge in [0.2, 0.25) is 5.91 Å². The first kappa shape index (κ1) is 15.9. The van der Waals surface area contributed by atoms with E-state index in [1.54, 1.807) is 18.2 Å². The minimum Gasteiger partial charge on any atom is -0.349 e. The average Bonchev–Trinajstić information content (AvgIpc) is 3.07. The van der Waals surface area contributed by atoms with Crippen LogP contribution in [-0.4, -0.2) is 11.7 Å². The summed E-state index contributed by atoms with van der Waals surface area (Å²) in [7, 11) is 0. The second kappa shape index (κ2) is 7.04. The average molecular weight is 331 g/mol. The summed E-state index contributed by atoms with van der Waals surface area (Å²) in [6.07, 6.45) is 3.02. The predicted molar refractivity (Wildman–Crippen MR) is 88.1 cm³/mol. The Morgan fingerprint density at radius 2 is 2.13 bits per heavy atom. The molecule has 1 amide bonds. The molecule has 1 heterocycles. The Kier molecular flexibility index (Phi) is 4.86. The van der Waals surface area contributed by atoms with Gasteiger partial charge in [-0.1, -0.05) is 12.1 Å². The SMILES string of the molecule is O=C(CCC(=O)c1cccs1)N[C@@H]1CCCc2cc(F)ccc21. The quantitative estimate of drug-likeness (QED) is 0.840. The van der Waals surface area contributed by atoms with Crippen LogP contribution in [0.5, 0.6) is 0 Å². The number of carbonyl (C=O) groups excluding carboxylic acids is 2. The number of thiophene rings is 1. The van der Waals surface area contributed by atoms with Gasteiger partial charge in [-0.15, -0.1) is 11.3 Å². The predicted octanol–water partition coefficient (Wildman–Crippen LogP) is 4.04. The molecule has 0 spiro atoms. The van der Waals surface area contributed by atoms with Crippen molar-refractivity contribution in [3.63, 3.8) is 0 Å². The molecule has 0 fully saturated rings. The maximum Gasteiger partial charge on any atom is 0.220 e. The minimum atomic E-state index is -0.239. The molecule has 0 saturated heterocycles. The highest BCUT2D eigenvalue weighted by Gasteiger charge is 2.22. The monoisotopic (exact) mass is 331 g/mol. The smallest absolute Gasteiger partial charge is 0.220 e. The summed E-state index contributed by atoms with van der Waals surface area (Å²) in [5.41, 5.74) is 1.96. The number of hydrogen-bond donors (Lipinski definition) is 1. The van der Waals surface area contributed by atoms with Crippen molar-refractivity contribution in [1.29, 1.82) is 0 Å². The summed E-state index contributed by atoms with van der Waals surface area (Å²) in [6.45, 7) is 0. The Morgan fingerprint density at radius 1 is 1.26 bits per heavy atom. The lowest BCUT2D eigenvalue weighted by Gasteiger charge is -2.26. The van der Waals surface area contributed by atoms with Gasteiger partial charge in [0, 0.05) is 12.8 Å². The molecule has 0 radical (unpaired) electrons. The first-order valence-electron chi connectivity index (χ1n) is 7.78. The molecule has 3 rings (SSSR count). The number of ketones is 1. The summed E-state index contributed by atoms with van der Waals surface area (Å²) in [4.78, 5) is 24.7. The van der Waals surface area contributed by atoms with Gasteiger partial charge in [0.25, 0.3) is 0 Å². The molecule has 1 aromatic carbocycles. The number of fused-ring (bicyclic) bond motifs is 1. The topological polar surface area (TPSA) is 46.2 Å². The Labute approximate surface area is 138 Å². The van der Waals surface area contributed by atoms with Crippen LogP contribution in [0.15, 0.2) is 35.7 Å². The van der Waals surface area contributed by atoms with Crippen molar-refractivity contribution >= 4 is 23.0 Å². The molecule has 1 atom stereocenters. The van der Waals surface area contributed by atoms with E-state index in [0.29, 0.717) is 4.88 Å². The van der Waals surface area contributed by atoms with Gasteiger partial charge in [-0.25, -0.2) is 4.39 Å². The van der Waals surface area contributed by atoms with E-state index in [0.717, 1.165) is 30.4 Å². The van der Waals surface area contributed by atoms with Crippen molar-refractivity contribution in [2.24, 2.45) is 0 Å². The third-order valence-corrected chi connectivity index (χ3v) is 5.04. The van der Waals surface area contributed by atoms with E-state index in [9.17, 15) is 14.0 Å². The van der Waals surface area contributed by atoms with Crippen LogP contribution in [0.25, 0.3) is 0 Å². The molecule has 2 aromatic rings. The molecule has 0 saturated carbocycles. The van der Waals surface area contributed by atoms with Crippen molar-refractivity contribution in [1.82, 2.24) is 5.32 Å². The van der Waals surface area contributed by atoms with E-state index in [2.05, 4.69) is 5.32 Å². The van der Waals surface area contributed by atoms with Crippen LogP contribution in [0, 0.1) is 5.82 Å². The fourth-order valence-electron chi connectivity index (χ4n) is 2.99. The van der Waals surface area contributed by atoms with Gasteiger partial charge < -0.3 is 5.32 Å². The van der Waals surface area contributed by atoms with Crippen molar-refractivity contribution in [2.75, 3.05) is 0 Å². The minimum absolute atomic E-state index is 0.00117. The fraction of sp³-hybridized carbons (Fsp3) is 0.333. The lowest BCUT2D eigenvalue weighted by atomic mass is 9.87. The van der Waals surface area contributed by atoms with Gasteiger partial charge in [-0.2, -0.15) is 0 Å². The molecule has 0 bridgehead atoms. The second-order valence-corrected chi connectivity index (χ2v) is 6.70. The Hall–Kier alpha value is -2.01. The number of amides is 1. The highest BCUT2D eigenvalue weighted by molar-refractivity contribution is 7.12. The van der Waals surface area contributed by atoms with Crippen LogP contribution < -0.4 is 5.32 Å². The number of halogens is 1. The number of carbonyl (C=O) groups is 2. The Morgan fingerprint density at radius 3 is 2.91 bits per heavy atom. The van der Waals surface area contributed by atoms with Crippen LogP contribution in [0.4, 0.5) is 4.39 Å². The first-order valence-corrected chi connectivity index (χ1v) is 8.66. The summed E-state index contributed by atoms with van der Waals surface area (Å²) in [6, 6.07) is 8.26. The van der Waals surface area contributed by atoms with Gasteiger partial charge >= 0.3 is 0 Å². The molecule has 23 heavy (non-hydrogen) atoms. The summed E-state index contributed by atoms with van der Waals surface area (Å²) in [5.74, 6) is -0.365. The number of hydrogen-bond acceptors (Lipinski definition) is 3. The van der Waals surface area contributed by atoms with Crippen molar-refractivity contribution in [2.45, 2.75) is 38.1 Å². The van der Waals surface area contributed by atoms with Gasteiger partial charge in [0.05, 0.1) is 10.9 Å². The zero-order valence-corrected chi connectivity index (χ0v) is 13.5. The van der Waals surface area contributed by atoms with Crippen molar-refractivity contribution in [3.05, 3.63) is 57.5 Å². The second-order valence-electron chi connectivity index (χ2n) is 5.76. The third kappa shape index (κ3) is 3.85. The first-order chi connectivity index (χ1) is 11.1. The number of rotatable bonds is 5. The molecular weight excluding hydrogens is 313 g/mol. The highest BCUT2D eigenvalue weighted by atomic mass is 32.1. The number of Topliss-reactive ketones (excluding diaryl/α,β-unsaturated/α-hetero) is 1. The Bertz CT molecular complexity index is 712. The molecule has 5 heteroatoms. The van der Waals surface area contributed by atoms with Gasteiger partial charge in [0.1, 0.15) is 5.82 Å². The van der Waals surface area contributed by atoms with E-state index in [1.165, 1.54) is 17.4 Å². The molecule has 1 N–H and O–H groups in total. The number of aryl methyl sites for hydroxylation is 1. The zero-order chi connectivity index (χ0) is 16.2. The fourth-order valence-corrected chi connectivity index (χ4v) is 3.68. The van der Waals surface area contributed by atoms with Gasteiger partial charge in [-0.05, 0) is 54.0 Å². The third-order valence-electron chi connectivity index (χ3n) is 4.13. The summed E-state index contributed by atoms with van der Waals surface area (Å²) < 4.78 is 13.3. The standard InChI is InChI=1S/C18H18FNO2S/c19-13-6-7-14-12(11-13)3-1-4-15(14)20-18(22)9-8-16(21)17-5-2-10-23-17/h2,5-7,10-11,15H,1,3-4,8-9H2,(H,20,22)/t15-/m1/s1. The molecule has 0 unspecified atom stereocenters. The van der Waals surface area contributed by atoms with Crippen molar-refractivity contribution < 1.29 is 14.0 Å². The molecule has 120 valence electrons. The van der Waals surface area contributed by atoms with Gasteiger partial charge in [0.15, 0.2) is 5.78 Å². The van der Waals surface area contributed by atoms with Crippen LogP contribution in [0.3, 0.4) is 0 Å². The molecular formula is C18H18FNO2S. The molecule has 0 aliphatic heterocycles. The van der Waals surface area contributed by atoms with Crippen LogP contribution >= 0.6 is 11.3 Å². The summed E-state index contributed by atoms with van der Waals surface area (Å²) >= 11 is 1.39. The number of benzene rings is 1. The molecule has 1 aromatic heterocycles. The largest absolute Gasteiger partial charge is 0.349 e. The summed E-state index contributed by atoms with van der Waals surface area (Å²) in [5, 5.41) is 4.84. The van der Waals surface area contributed by atoms with Crippen LogP contribution in [-0.2, 0) is 11.2 Å². The molecule has 1 aliphatic carbocycles. The van der Waals surface area contributed by atoms with Crippen molar-refractivity contribution in [3.8, 4) is 0 Å². The maximum atomic E-state index is 13.3. The molecule has 3 nitrogen and oxygen atoms in total. The Balaban J connectivity index is 1.58. The van der Waals surface area contributed by atoms with Crippen LogP contribution in [0.1, 0.15) is 52.5 Å². The lowest BCUT2D eigenvalue weighted by Crippen LogP contribution is -2.31. The maximum absolute atomic E-state index is 13.3. The van der Waals surface area contributed by atoms with Crippen LogP contribution in [0.2, 0.25) is 0 Å². The lowest BCUT2D eigenvalue weighted by molar-refractivity contribution is -0.121. The normalized spacial score (nSPS) is 16.7. The number of nitrogens with one attached hydrogen (secondary N) is 1. The van der Waals surface area contributed by atoms with E-state index < -0.39 is 0 Å². The van der Waals surface area contributed by atoms with Gasteiger partial charge in [-0.3, -0.25) is 9.59 Å². The van der Waals surface area contributed by atoms with E-state index in [1.807, 2.05) is 11.4 Å². The van der Waals surface area contributed by atoms with E-state index in [4.69, 9.17) is 0 Å². The zero-order valence-electron chi connectivity index (χ0n) is 12.7. The molecule has 1 aliphatic rings.